The SMILES string of the molecule is Cl.NCCNC(=O)C1CCCN(C(=O)C2CC2)C1. The topological polar surface area (TPSA) is 75.4 Å². The zero-order valence-corrected chi connectivity index (χ0v) is 11.4. The van der Waals surface area contributed by atoms with E-state index in [1.54, 1.807) is 0 Å². The Kier molecular flexibility index (Phi) is 5.88. The Morgan fingerprint density at radius 3 is 2.56 bits per heavy atom. The summed E-state index contributed by atoms with van der Waals surface area (Å²) in [5, 5.41) is 2.80. The van der Waals surface area contributed by atoms with Crippen LogP contribution in [0.15, 0.2) is 0 Å². The van der Waals surface area contributed by atoms with Gasteiger partial charge in [0.25, 0.3) is 0 Å². The second kappa shape index (κ2) is 6.95. The molecule has 0 radical (unpaired) electrons. The Morgan fingerprint density at radius 2 is 1.94 bits per heavy atom. The van der Waals surface area contributed by atoms with Gasteiger partial charge in [-0.15, -0.1) is 12.4 Å². The average Bonchev–Trinajstić information content (AvgIpc) is 3.19. The standard InChI is InChI=1S/C12H21N3O2.ClH/c13-5-6-14-11(16)10-2-1-7-15(8-10)12(17)9-3-4-9;/h9-10H,1-8,13H2,(H,14,16);1H. The van der Waals surface area contributed by atoms with Crippen LogP contribution in [0.5, 0.6) is 0 Å². The van der Waals surface area contributed by atoms with E-state index in [1.807, 2.05) is 4.90 Å². The third kappa shape index (κ3) is 3.85. The van der Waals surface area contributed by atoms with E-state index in [-0.39, 0.29) is 36.1 Å². The van der Waals surface area contributed by atoms with Gasteiger partial charge in [0, 0.05) is 32.1 Å². The molecule has 6 heteroatoms. The van der Waals surface area contributed by atoms with Crippen LogP contribution in [0, 0.1) is 11.8 Å². The van der Waals surface area contributed by atoms with Crippen LogP contribution in [0.4, 0.5) is 0 Å². The first-order chi connectivity index (χ1) is 8.22. The molecule has 0 spiro atoms. The average molecular weight is 276 g/mol. The van der Waals surface area contributed by atoms with E-state index in [0.717, 1.165) is 32.2 Å². The number of halogens is 1. The molecule has 2 aliphatic rings. The highest BCUT2D eigenvalue weighted by molar-refractivity contribution is 5.85. The Balaban J connectivity index is 0.00000162. The van der Waals surface area contributed by atoms with E-state index in [9.17, 15) is 9.59 Å². The smallest absolute Gasteiger partial charge is 0.225 e. The fourth-order valence-electron chi connectivity index (χ4n) is 2.32. The molecule has 1 aliphatic heterocycles. The normalized spacial score (nSPS) is 23.2. The van der Waals surface area contributed by atoms with Crippen molar-refractivity contribution < 1.29 is 9.59 Å². The van der Waals surface area contributed by atoms with Crippen molar-refractivity contribution in [3.63, 3.8) is 0 Å². The van der Waals surface area contributed by atoms with Gasteiger partial charge >= 0.3 is 0 Å². The summed E-state index contributed by atoms with van der Waals surface area (Å²) in [5.74, 6) is 0.504. The fourth-order valence-corrected chi connectivity index (χ4v) is 2.32. The highest BCUT2D eigenvalue weighted by Crippen LogP contribution is 2.32. The number of carbonyl (C=O) groups is 2. The fraction of sp³-hybridized carbons (Fsp3) is 0.833. The molecule has 0 aromatic rings. The van der Waals surface area contributed by atoms with E-state index in [2.05, 4.69) is 5.32 Å². The van der Waals surface area contributed by atoms with Crippen LogP contribution in [0.3, 0.4) is 0 Å². The van der Waals surface area contributed by atoms with Crippen LogP contribution in [-0.2, 0) is 9.59 Å². The lowest BCUT2D eigenvalue weighted by molar-refractivity contribution is -0.136. The quantitative estimate of drug-likeness (QED) is 0.766. The second-order valence-corrected chi connectivity index (χ2v) is 4.98. The third-order valence-electron chi connectivity index (χ3n) is 3.47. The second-order valence-electron chi connectivity index (χ2n) is 4.98. The monoisotopic (exact) mass is 275 g/mol. The molecule has 2 fully saturated rings. The Bertz CT molecular complexity index is 308. The maximum Gasteiger partial charge on any atom is 0.225 e. The molecule has 2 amide bonds. The number of carbonyl (C=O) groups excluding carboxylic acids is 2. The molecular weight excluding hydrogens is 254 g/mol. The molecule has 18 heavy (non-hydrogen) atoms. The number of amides is 2. The van der Waals surface area contributed by atoms with Crippen LogP contribution in [-0.4, -0.2) is 42.9 Å². The zero-order valence-electron chi connectivity index (χ0n) is 10.6. The Labute approximate surface area is 114 Å². The number of nitrogens with zero attached hydrogens (tertiary/aromatic N) is 1. The molecule has 2 rings (SSSR count). The number of hydrogen-bond donors (Lipinski definition) is 2. The van der Waals surface area contributed by atoms with Crippen LogP contribution >= 0.6 is 12.4 Å². The summed E-state index contributed by atoms with van der Waals surface area (Å²) in [6.45, 7) is 2.39. The molecule has 1 heterocycles. The number of likely N-dealkylation sites (tertiary alicyclic amines) is 1. The van der Waals surface area contributed by atoms with E-state index in [1.165, 1.54) is 0 Å². The summed E-state index contributed by atoms with van der Waals surface area (Å²) in [6, 6.07) is 0. The molecule has 3 N–H and O–H groups in total. The first-order valence-corrected chi connectivity index (χ1v) is 6.49. The number of nitrogens with two attached hydrogens (primary N) is 1. The number of rotatable bonds is 4. The maximum atomic E-state index is 11.9. The lowest BCUT2D eigenvalue weighted by Gasteiger charge is -2.32. The number of piperidine rings is 1. The van der Waals surface area contributed by atoms with Gasteiger partial charge in [0.15, 0.2) is 0 Å². The minimum atomic E-state index is -0.0435. The van der Waals surface area contributed by atoms with Gasteiger partial charge in [-0.3, -0.25) is 9.59 Å². The van der Waals surface area contributed by atoms with Gasteiger partial charge in [-0.1, -0.05) is 0 Å². The Morgan fingerprint density at radius 1 is 1.22 bits per heavy atom. The minimum Gasteiger partial charge on any atom is -0.355 e. The van der Waals surface area contributed by atoms with Gasteiger partial charge in [-0.05, 0) is 25.7 Å². The molecule has 104 valence electrons. The first kappa shape index (κ1) is 15.2. The number of hydrogen-bond acceptors (Lipinski definition) is 3. The van der Waals surface area contributed by atoms with Crippen molar-refractivity contribution in [3.05, 3.63) is 0 Å². The largest absolute Gasteiger partial charge is 0.355 e. The lowest BCUT2D eigenvalue weighted by Crippen LogP contribution is -2.46. The third-order valence-corrected chi connectivity index (χ3v) is 3.47. The van der Waals surface area contributed by atoms with Crippen molar-refractivity contribution in [2.45, 2.75) is 25.7 Å². The molecule has 5 nitrogen and oxygen atoms in total. The Hall–Kier alpha value is -0.810. The van der Waals surface area contributed by atoms with Crippen molar-refractivity contribution in [1.82, 2.24) is 10.2 Å². The molecule has 1 saturated carbocycles. The molecule has 1 aliphatic carbocycles. The van der Waals surface area contributed by atoms with E-state index in [0.29, 0.717) is 19.6 Å². The molecular formula is C12H22ClN3O2. The summed E-state index contributed by atoms with van der Waals surface area (Å²) in [5.41, 5.74) is 5.35. The van der Waals surface area contributed by atoms with Crippen LogP contribution in [0.25, 0.3) is 0 Å². The minimum absolute atomic E-state index is 0. The highest BCUT2D eigenvalue weighted by atomic mass is 35.5. The van der Waals surface area contributed by atoms with Crippen molar-refractivity contribution in [2.75, 3.05) is 26.2 Å². The van der Waals surface area contributed by atoms with Gasteiger partial charge in [-0.25, -0.2) is 0 Å². The van der Waals surface area contributed by atoms with E-state index < -0.39 is 0 Å². The summed E-state index contributed by atoms with van der Waals surface area (Å²) < 4.78 is 0. The van der Waals surface area contributed by atoms with Crippen molar-refractivity contribution in [3.8, 4) is 0 Å². The summed E-state index contributed by atoms with van der Waals surface area (Å²) in [7, 11) is 0. The summed E-state index contributed by atoms with van der Waals surface area (Å²) in [6.07, 6.45) is 3.86. The van der Waals surface area contributed by atoms with Gasteiger partial charge in [-0.2, -0.15) is 0 Å². The molecule has 0 bridgehead atoms. The van der Waals surface area contributed by atoms with Crippen molar-refractivity contribution in [1.29, 1.82) is 0 Å². The molecule has 1 atom stereocenters. The zero-order chi connectivity index (χ0) is 12.3. The highest BCUT2D eigenvalue weighted by Gasteiger charge is 2.36. The molecule has 0 aromatic carbocycles. The van der Waals surface area contributed by atoms with Crippen molar-refractivity contribution >= 4 is 24.2 Å². The van der Waals surface area contributed by atoms with Gasteiger partial charge in [0.05, 0.1) is 5.92 Å². The summed E-state index contributed by atoms with van der Waals surface area (Å²) in [4.78, 5) is 25.6. The lowest BCUT2D eigenvalue weighted by atomic mass is 9.96. The van der Waals surface area contributed by atoms with E-state index >= 15 is 0 Å². The van der Waals surface area contributed by atoms with Gasteiger partial charge in [0.1, 0.15) is 0 Å². The van der Waals surface area contributed by atoms with E-state index in [4.69, 9.17) is 5.73 Å². The summed E-state index contributed by atoms with van der Waals surface area (Å²) >= 11 is 0. The van der Waals surface area contributed by atoms with Crippen LogP contribution in [0.2, 0.25) is 0 Å². The molecule has 1 unspecified atom stereocenters. The molecule has 1 saturated heterocycles. The molecule has 0 aromatic heterocycles. The maximum absolute atomic E-state index is 11.9. The predicted molar refractivity (Wildman–Crippen MR) is 71.3 cm³/mol. The van der Waals surface area contributed by atoms with Gasteiger partial charge < -0.3 is 16.0 Å². The predicted octanol–water partition coefficient (Wildman–Crippen LogP) is 0.132. The van der Waals surface area contributed by atoms with Crippen LogP contribution < -0.4 is 11.1 Å². The first-order valence-electron chi connectivity index (χ1n) is 6.49. The van der Waals surface area contributed by atoms with Crippen LogP contribution in [0.1, 0.15) is 25.7 Å². The van der Waals surface area contributed by atoms with Gasteiger partial charge in [0.2, 0.25) is 11.8 Å². The van der Waals surface area contributed by atoms with Crippen molar-refractivity contribution in [2.24, 2.45) is 17.6 Å². The number of nitrogens with one attached hydrogen (secondary N) is 1.